The first-order chi connectivity index (χ1) is 4.64. The number of hydrogen-bond acceptors (Lipinski definition) is 2. The Balaban J connectivity index is 2.17. The van der Waals surface area contributed by atoms with E-state index in [1.165, 1.54) is 0 Å². The standard InChI is InChI=1S/C7H11NO2/c1-7-2-4(7)3-8-5(7)6(9)10/h4-5,8H,2-3H2,1H3,(H,9,10). The third kappa shape index (κ3) is 0.560. The Morgan fingerprint density at radius 2 is 2.50 bits per heavy atom. The summed E-state index contributed by atoms with van der Waals surface area (Å²) < 4.78 is 0. The first kappa shape index (κ1) is 6.16. The van der Waals surface area contributed by atoms with E-state index < -0.39 is 5.97 Å². The number of carbonyl (C=O) groups is 1. The molecule has 0 aromatic carbocycles. The lowest BCUT2D eigenvalue weighted by atomic mass is 10.00. The molecule has 56 valence electrons. The number of nitrogens with one attached hydrogen (secondary N) is 1. The number of carboxylic acids is 1. The van der Waals surface area contributed by atoms with Gasteiger partial charge in [0, 0.05) is 0 Å². The van der Waals surface area contributed by atoms with Gasteiger partial charge >= 0.3 is 5.97 Å². The zero-order valence-electron chi connectivity index (χ0n) is 5.92. The normalized spacial score (nSPS) is 50.5. The molecule has 1 saturated carbocycles. The monoisotopic (exact) mass is 141 g/mol. The van der Waals surface area contributed by atoms with E-state index in [1.54, 1.807) is 0 Å². The van der Waals surface area contributed by atoms with Crippen molar-refractivity contribution in [3.05, 3.63) is 0 Å². The summed E-state index contributed by atoms with van der Waals surface area (Å²) in [6.07, 6.45) is 1.09. The van der Waals surface area contributed by atoms with Gasteiger partial charge < -0.3 is 10.4 Å². The van der Waals surface area contributed by atoms with Crippen LogP contribution in [0.4, 0.5) is 0 Å². The van der Waals surface area contributed by atoms with Crippen molar-refractivity contribution in [1.29, 1.82) is 0 Å². The minimum absolute atomic E-state index is 0.0891. The van der Waals surface area contributed by atoms with Crippen molar-refractivity contribution in [1.82, 2.24) is 5.32 Å². The van der Waals surface area contributed by atoms with E-state index >= 15 is 0 Å². The van der Waals surface area contributed by atoms with Crippen molar-refractivity contribution in [2.75, 3.05) is 6.54 Å². The molecule has 2 rings (SSSR count). The van der Waals surface area contributed by atoms with Gasteiger partial charge in [0.05, 0.1) is 0 Å². The molecule has 0 amide bonds. The van der Waals surface area contributed by atoms with Crippen molar-refractivity contribution in [2.45, 2.75) is 19.4 Å². The summed E-state index contributed by atoms with van der Waals surface area (Å²) in [7, 11) is 0. The van der Waals surface area contributed by atoms with E-state index in [2.05, 4.69) is 12.2 Å². The van der Waals surface area contributed by atoms with Crippen LogP contribution in [-0.2, 0) is 4.79 Å². The van der Waals surface area contributed by atoms with Gasteiger partial charge in [-0.15, -0.1) is 0 Å². The summed E-state index contributed by atoms with van der Waals surface area (Å²) in [5.74, 6) is -0.0592. The van der Waals surface area contributed by atoms with Gasteiger partial charge in [0.2, 0.25) is 0 Å². The van der Waals surface area contributed by atoms with Gasteiger partial charge in [0.15, 0.2) is 0 Å². The third-order valence-electron chi connectivity index (χ3n) is 2.93. The summed E-state index contributed by atoms with van der Waals surface area (Å²) in [4.78, 5) is 10.6. The van der Waals surface area contributed by atoms with Gasteiger partial charge in [-0.1, -0.05) is 6.92 Å². The van der Waals surface area contributed by atoms with Crippen LogP contribution in [0.2, 0.25) is 0 Å². The number of rotatable bonds is 1. The summed E-state index contributed by atoms with van der Waals surface area (Å²) in [5, 5.41) is 11.7. The van der Waals surface area contributed by atoms with E-state index in [0.717, 1.165) is 13.0 Å². The Labute approximate surface area is 59.4 Å². The highest BCUT2D eigenvalue weighted by atomic mass is 16.4. The molecular weight excluding hydrogens is 130 g/mol. The molecule has 1 aliphatic carbocycles. The van der Waals surface area contributed by atoms with Crippen LogP contribution in [0.3, 0.4) is 0 Å². The lowest BCUT2D eigenvalue weighted by Gasteiger charge is -2.13. The van der Waals surface area contributed by atoms with Crippen LogP contribution in [0.15, 0.2) is 0 Å². The first-order valence-corrected chi connectivity index (χ1v) is 3.61. The lowest BCUT2D eigenvalue weighted by Crippen LogP contribution is -2.38. The van der Waals surface area contributed by atoms with Gasteiger partial charge in [0.1, 0.15) is 6.04 Å². The van der Waals surface area contributed by atoms with Gasteiger partial charge in [-0.25, -0.2) is 0 Å². The summed E-state index contributed by atoms with van der Waals surface area (Å²) in [6.45, 7) is 2.95. The summed E-state index contributed by atoms with van der Waals surface area (Å²) in [6, 6.07) is -0.280. The fourth-order valence-electron chi connectivity index (χ4n) is 1.99. The second-order valence-electron chi connectivity index (χ2n) is 3.59. The van der Waals surface area contributed by atoms with Crippen LogP contribution < -0.4 is 5.32 Å². The second-order valence-corrected chi connectivity index (χ2v) is 3.59. The summed E-state index contributed by atoms with van der Waals surface area (Å²) >= 11 is 0. The Hall–Kier alpha value is -0.570. The molecule has 1 aliphatic heterocycles. The topological polar surface area (TPSA) is 49.3 Å². The molecule has 3 nitrogen and oxygen atoms in total. The third-order valence-corrected chi connectivity index (χ3v) is 2.93. The molecule has 1 saturated heterocycles. The molecule has 3 atom stereocenters. The van der Waals surface area contributed by atoms with E-state index in [4.69, 9.17) is 5.11 Å². The van der Waals surface area contributed by atoms with E-state index in [9.17, 15) is 4.79 Å². The summed E-state index contributed by atoms with van der Waals surface area (Å²) in [5.41, 5.74) is 0.0891. The van der Waals surface area contributed by atoms with Crippen LogP contribution in [0, 0.1) is 11.3 Å². The molecule has 2 N–H and O–H groups in total. The van der Waals surface area contributed by atoms with Crippen molar-refractivity contribution >= 4 is 5.97 Å². The maximum atomic E-state index is 10.6. The predicted octanol–water partition coefficient (Wildman–Crippen LogP) is 0.0690. The van der Waals surface area contributed by atoms with Crippen LogP contribution >= 0.6 is 0 Å². The van der Waals surface area contributed by atoms with Crippen LogP contribution in [0.5, 0.6) is 0 Å². The number of hydrogen-bond donors (Lipinski definition) is 2. The highest BCUT2D eigenvalue weighted by Gasteiger charge is 2.61. The number of piperidine rings is 1. The predicted molar refractivity (Wildman–Crippen MR) is 35.6 cm³/mol. The quantitative estimate of drug-likeness (QED) is 0.543. The largest absolute Gasteiger partial charge is 0.480 e. The lowest BCUT2D eigenvalue weighted by molar-refractivity contribution is -0.140. The number of carboxylic acid groups (broad SMARTS) is 1. The van der Waals surface area contributed by atoms with Crippen molar-refractivity contribution in [3.63, 3.8) is 0 Å². The molecule has 3 unspecified atom stereocenters. The molecule has 0 aromatic rings. The zero-order chi connectivity index (χ0) is 7.35. The Kier molecular flexibility index (Phi) is 0.944. The SMILES string of the molecule is CC12CC1CNC2C(=O)O. The molecular formula is C7H11NO2. The number of fused-ring (bicyclic) bond motifs is 1. The van der Waals surface area contributed by atoms with Crippen LogP contribution in [0.1, 0.15) is 13.3 Å². The van der Waals surface area contributed by atoms with Crippen molar-refractivity contribution in [2.24, 2.45) is 11.3 Å². The Morgan fingerprint density at radius 1 is 1.80 bits per heavy atom. The fraction of sp³-hybridized carbons (Fsp3) is 0.857. The van der Waals surface area contributed by atoms with Gasteiger partial charge in [-0.05, 0) is 24.3 Å². The minimum Gasteiger partial charge on any atom is -0.480 e. The van der Waals surface area contributed by atoms with Gasteiger partial charge in [-0.3, -0.25) is 4.79 Å². The van der Waals surface area contributed by atoms with Crippen LogP contribution in [0.25, 0.3) is 0 Å². The fourth-order valence-corrected chi connectivity index (χ4v) is 1.99. The van der Waals surface area contributed by atoms with E-state index in [1.807, 2.05) is 0 Å². The highest BCUT2D eigenvalue weighted by Crippen LogP contribution is 2.57. The average Bonchev–Trinajstić information content (AvgIpc) is 2.35. The van der Waals surface area contributed by atoms with E-state index in [-0.39, 0.29) is 11.5 Å². The zero-order valence-corrected chi connectivity index (χ0v) is 5.92. The highest BCUT2D eigenvalue weighted by molar-refractivity contribution is 5.76. The minimum atomic E-state index is -0.692. The molecule has 2 aliphatic rings. The average molecular weight is 141 g/mol. The maximum absolute atomic E-state index is 10.6. The maximum Gasteiger partial charge on any atom is 0.321 e. The Morgan fingerprint density at radius 3 is 2.70 bits per heavy atom. The molecule has 0 bridgehead atoms. The number of aliphatic carboxylic acids is 1. The van der Waals surface area contributed by atoms with Gasteiger partial charge in [0.25, 0.3) is 0 Å². The second kappa shape index (κ2) is 1.53. The molecule has 10 heavy (non-hydrogen) atoms. The van der Waals surface area contributed by atoms with Crippen molar-refractivity contribution in [3.8, 4) is 0 Å². The molecule has 3 heteroatoms. The van der Waals surface area contributed by atoms with Crippen LogP contribution in [-0.4, -0.2) is 23.7 Å². The van der Waals surface area contributed by atoms with Gasteiger partial charge in [-0.2, -0.15) is 0 Å². The molecule has 2 fully saturated rings. The van der Waals surface area contributed by atoms with E-state index in [0.29, 0.717) is 5.92 Å². The molecule has 0 spiro atoms. The molecule has 0 aromatic heterocycles. The Bertz CT molecular complexity index is 190. The van der Waals surface area contributed by atoms with Crippen molar-refractivity contribution < 1.29 is 9.90 Å². The molecule has 1 heterocycles. The first-order valence-electron chi connectivity index (χ1n) is 3.61. The molecule has 0 radical (unpaired) electrons. The smallest absolute Gasteiger partial charge is 0.321 e.